The molecule has 2 N–H and O–H groups in total. The van der Waals surface area contributed by atoms with E-state index in [2.05, 4.69) is 10.3 Å². The van der Waals surface area contributed by atoms with Crippen molar-refractivity contribution >= 4 is 17.2 Å². The van der Waals surface area contributed by atoms with Gasteiger partial charge in [-0.25, -0.2) is 4.98 Å². The molecule has 1 aromatic carbocycles. The SMILES string of the molecule is Cc1ccc(-c2nc(C)c(C(=O)NCCc3ccc(O)cc3)s2)o1. The molecule has 0 aliphatic heterocycles. The van der Waals surface area contributed by atoms with E-state index in [1.165, 1.54) is 11.3 Å². The summed E-state index contributed by atoms with van der Waals surface area (Å²) in [5, 5.41) is 12.9. The van der Waals surface area contributed by atoms with Crippen LogP contribution in [0.5, 0.6) is 5.75 Å². The molecule has 124 valence electrons. The average Bonchev–Trinajstić information content (AvgIpc) is 3.15. The van der Waals surface area contributed by atoms with E-state index in [0.29, 0.717) is 34.3 Å². The van der Waals surface area contributed by atoms with Crippen LogP contribution in [0.15, 0.2) is 40.8 Å². The number of thiazole rings is 1. The van der Waals surface area contributed by atoms with E-state index in [4.69, 9.17) is 4.42 Å². The number of aryl methyl sites for hydroxylation is 2. The third-order valence-corrected chi connectivity index (χ3v) is 4.76. The molecule has 0 spiro atoms. The molecular formula is C18H18N2O3S. The molecule has 1 amide bonds. The number of hydrogen-bond donors (Lipinski definition) is 2. The fourth-order valence-electron chi connectivity index (χ4n) is 2.33. The molecule has 0 bridgehead atoms. The van der Waals surface area contributed by atoms with Crippen LogP contribution in [0.4, 0.5) is 0 Å². The first kappa shape index (κ1) is 16.3. The average molecular weight is 342 g/mol. The van der Waals surface area contributed by atoms with E-state index >= 15 is 0 Å². The molecule has 2 aromatic heterocycles. The number of aromatic nitrogens is 1. The molecule has 3 aromatic rings. The standard InChI is InChI=1S/C18H18N2O3S/c1-11-3-8-15(23-11)18-20-12(2)16(24-18)17(22)19-10-9-13-4-6-14(21)7-5-13/h3-8,21H,9-10H2,1-2H3,(H,19,22). The second-order valence-corrected chi connectivity index (χ2v) is 6.52. The van der Waals surface area contributed by atoms with Crippen LogP contribution in [0, 0.1) is 13.8 Å². The molecule has 5 nitrogen and oxygen atoms in total. The van der Waals surface area contributed by atoms with Crippen molar-refractivity contribution in [2.24, 2.45) is 0 Å². The third-order valence-electron chi connectivity index (χ3n) is 3.59. The minimum atomic E-state index is -0.127. The highest BCUT2D eigenvalue weighted by Crippen LogP contribution is 2.29. The number of carbonyl (C=O) groups is 1. The Labute approximate surface area is 144 Å². The molecule has 2 heterocycles. The lowest BCUT2D eigenvalue weighted by Gasteiger charge is -2.04. The van der Waals surface area contributed by atoms with Crippen LogP contribution in [-0.2, 0) is 6.42 Å². The maximum Gasteiger partial charge on any atom is 0.263 e. The van der Waals surface area contributed by atoms with Gasteiger partial charge in [0, 0.05) is 6.54 Å². The van der Waals surface area contributed by atoms with Gasteiger partial charge in [0.1, 0.15) is 16.4 Å². The van der Waals surface area contributed by atoms with Gasteiger partial charge < -0.3 is 14.8 Å². The Bertz CT molecular complexity index is 850. The van der Waals surface area contributed by atoms with Crippen molar-refractivity contribution in [3.63, 3.8) is 0 Å². The molecule has 3 rings (SSSR count). The van der Waals surface area contributed by atoms with Crippen molar-refractivity contribution in [2.45, 2.75) is 20.3 Å². The molecule has 6 heteroatoms. The topological polar surface area (TPSA) is 75.4 Å². The zero-order valence-corrected chi connectivity index (χ0v) is 14.3. The van der Waals surface area contributed by atoms with E-state index in [1.807, 2.05) is 38.1 Å². The predicted molar refractivity (Wildman–Crippen MR) is 93.4 cm³/mol. The smallest absolute Gasteiger partial charge is 0.263 e. The molecule has 0 saturated carbocycles. The number of benzene rings is 1. The van der Waals surface area contributed by atoms with Crippen LogP contribution in [0.25, 0.3) is 10.8 Å². The summed E-state index contributed by atoms with van der Waals surface area (Å²) in [6, 6.07) is 10.7. The number of rotatable bonds is 5. The van der Waals surface area contributed by atoms with Gasteiger partial charge in [-0.1, -0.05) is 12.1 Å². The maximum absolute atomic E-state index is 12.3. The number of hydrogen-bond acceptors (Lipinski definition) is 5. The van der Waals surface area contributed by atoms with Gasteiger partial charge in [0.25, 0.3) is 5.91 Å². The summed E-state index contributed by atoms with van der Waals surface area (Å²) in [4.78, 5) is 17.4. The van der Waals surface area contributed by atoms with E-state index in [1.54, 1.807) is 12.1 Å². The van der Waals surface area contributed by atoms with Gasteiger partial charge in [-0.3, -0.25) is 4.79 Å². The van der Waals surface area contributed by atoms with Gasteiger partial charge in [-0.05, 0) is 50.1 Å². The highest BCUT2D eigenvalue weighted by atomic mass is 32.1. The van der Waals surface area contributed by atoms with Gasteiger partial charge in [0.15, 0.2) is 10.8 Å². The van der Waals surface area contributed by atoms with Gasteiger partial charge >= 0.3 is 0 Å². The van der Waals surface area contributed by atoms with Crippen molar-refractivity contribution in [1.82, 2.24) is 10.3 Å². The summed E-state index contributed by atoms with van der Waals surface area (Å²) >= 11 is 1.33. The Hall–Kier alpha value is -2.60. The van der Waals surface area contributed by atoms with E-state index < -0.39 is 0 Å². The zero-order valence-electron chi connectivity index (χ0n) is 13.5. The Morgan fingerprint density at radius 2 is 1.96 bits per heavy atom. The Morgan fingerprint density at radius 3 is 2.62 bits per heavy atom. The first-order chi connectivity index (χ1) is 11.5. The van der Waals surface area contributed by atoms with Gasteiger partial charge in [0.05, 0.1) is 5.69 Å². The van der Waals surface area contributed by atoms with Gasteiger partial charge in [-0.2, -0.15) is 0 Å². The monoisotopic (exact) mass is 342 g/mol. The molecule has 0 unspecified atom stereocenters. The lowest BCUT2D eigenvalue weighted by atomic mass is 10.1. The lowest BCUT2D eigenvalue weighted by Crippen LogP contribution is -2.25. The first-order valence-electron chi connectivity index (χ1n) is 7.63. The summed E-state index contributed by atoms with van der Waals surface area (Å²) in [5.74, 6) is 1.61. The van der Waals surface area contributed by atoms with Crippen molar-refractivity contribution in [2.75, 3.05) is 6.54 Å². The van der Waals surface area contributed by atoms with Gasteiger partial charge in [-0.15, -0.1) is 11.3 Å². The number of phenolic OH excluding ortho intramolecular Hbond substituents is 1. The van der Waals surface area contributed by atoms with E-state index in [0.717, 1.165) is 11.3 Å². The molecule has 24 heavy (non-hydrogen) atoms. The number of phenols is 1. The van der Waals surface area contributed by atoms with Crippen molar-refractivity contribution < 1.29 is 14.3 Å². The second kappa shape index (κ2) is 6.88. The second-order valence-electron chi connectivity index (χ2n) is 5.52. The van der Waals surface area contributed by atoms with Crippen LogP contribution >= 0.6 is 11.3 Å². The van der Waals surface area contributed by atoms with Gasteiger partial charge in [0.2, 0.25) is 0 Å². The molecular weight excluding hydrogens is 324 g/mol. The predicted octanol–water partition coefficient (Wildman–Crippen LogP) is 3.70. The van der Waals surface area contributed by atoms with Crippen LogP contribution in [-0.4, -0.2) is 22.5 Å². The fourth-order valence-corrected chi connectivity index (χ4v) is 3.27. The highest BCUT2D eigenvalue weighted by molar-refractivity contribution is 7.17. The number of carbonyl (C=O) groups excluding carboxylic acids is 1. The number of furan rings is 1. The summed E-state index contributed by atoms with van der Waals surface area (Å²) in [7, 11) is 0. The molecule has 0 aliphatic rings. The lowest BCUT2D eigenvalue weighted by molar-refractivity contribution is 0.0957. The summed E-state index contributed by atoms with van der Waals surface area (Å²) in [5.41, 5.74) is 1.76. The Morgan fingerprint density at radius 1 is 1.21 bits per heavy atom. The van der Waals surface area contributed by atoms with E-state index in [9.17, 15) is 9.90 Å². The number of nitrogens with zero attached hydrogens (tertiary/aromatic N) is 1. The maximum atomic E-state index is 12.3. The Kier molecular flexibility index (Phi) is 4.66. The minimum Gasteiger partial charge on any atom is -0.508 e. The quantitative estimate of drug-likeness (QED) is 0.741. The van der Waals surface area contributed by atoms with Crippen LogP contribution in [0.1, 0.15) is 26.7 Å². The summed E-state index contributed by atoms with van der Waals surface area (Å²) < 4.78 is 5.56. The van der Waals surface area contributed by atoms with Crippen molar-refractivity contribution in [3.05, 3.63) is 58.3 Å². The summed E-state index contributed by atoms with van der Waals surface area (Å²) in [6.07, 6.45) is 0.702. The third kappa shape index (κ3) is 3.65. The zero-order chi connectivity index (χ0) is 17.1. The fraction of sp³-hybridized carbons (Fsp3) is 0.222. The van der Waals surface area contributed by atoms with Crippen LogP contribution < -0.4 is 5.32 Å². The Balaban J connectivity index is 1.62. The van der Waals surface area contributed by atoms with Crippen LogP contribution in [0.2, 0.25) is 0 Å². The first-order valence-corrected chi connectivity index (χ1v) is 8.45. The number of amides is 1. The minimum absolute atomic E-state index is 0.127. The van der Waals surface area contributed by atoms with Crippen molar-refractivity contribution in [3.8, 4) is 16.5 Å². The molecule has 0 saturated heterocycles. The van der Waals surface area contributed by atoms with Crippen LogP contribution in [0.3, 0.4) is 0 Å². The molecule has 0 aliphatic carbocycles. The molecule has 0 atom stereocenters. The van der Waals surface area contributed by atoms with E-state index in [-0.39, 0.29) is 11.7 Å². The number of aromatic hydroxyl groups is 1. The van der Waals surface area contributed by atoms with Crippen molar-refractivity contribution in [1.29, 1.82) is 0 Å². The highest BCUT2D eigenvalue weighted by Gasteiger charge is 2.17. The summed E-state index contributed by atoms with van der Waals surface area (Å²) in [6.45, 7) is 4.22. The normalized spacial score (nSPS) is 10.8. The molecule has 0 fully saturated rings. The number of nitrogens with one attached hydrogen (secondary N) is 1. The largest absolute Gasteiger partial charge is 0.508 e. The molecule has 0 radical (unpaired) electrons.